The van der Waals surface area contributed by atoms with E-state index in [1.165, 1.54) is 0 Å². The standard InChI is InChI=1S/C15H15NO2/c17-14-12-9-6-7-10(8-9)13(12)15(18)16(14)11-4-2-1-3-5-11/h1-5,9-10,17-18H,6-8H2/t9-,10+. The molecule has 2 bridgehead atoms. The fourth-order valence-corrected chi connectivity index (χ4v) is 3.71. The maximum absolute atomic E-state index is 10.4. The van der Waals surface area contributed by atoms with E-state index >= 15 is 0 Å². The van der Waals surface area contributed by atoms with Crippen molar-refractivity contribution in [3.8, 4) is 17.4 Å². The lowest BCUT2D eigenvalue weighted by atomic mass is 9.95. The normalized spacial score (nSPS) is 24.4. The average molecular weight is 241 g/mol. The molecule has 0 radical (unpaired) electrons. The zero-order valence-electron chi connectivity index (χ0n) is 10.0. The van der Waals surface area contributed by atoms with Crippen LogP contribution in [0.4, 0.5) is 0 Å². The van der Waals surface area contributed by atoms with Gasteiger partial charge in [-0.3, -0.25) is 4.57 Å². The van der Waals surface area contributed by atoms with Crippen molar-refractivity contribution in [1.82, 2.24) is 4.57 Å². The second-order valence-corrected chi connectivity index (χ2v) is 5.35. The van der Waals surface area contributed by atoms with Crippen LogP contribution in [0.2, 0.25) is 0 Å². The number of aromatic nitrogens is 1. The second-order valence-electron chi connectivity index (χ2n) is 5.35. The highest BCUT2D eigenvalue weighted by atomic mass is 16.3. The maximum atomic E-state index is 10.4. The third-order valence-corrected chi connectivity index (χ3v) is 4.46. The van der Waals surface area contributed by atoms with Crippen LogP contribution in [-0.2, 0) is 0 Å². The summed E-state index contributed by atoms with van der Waals surface area (Å²) in [5.41, 5.74) is 2.81. The molecule has 4 rings (SSSR count). The van der Waals surface area contributed by atoms with E-state index in [-0.39, 0.29) is 11.8 Å². The highest BCUT2D eigenvalue weighted by Crippen LogP contribution is 2.60. The summed E-state index contributed by atoms with van der Waals surface area (Å²) in [5, 5.41) is 20.8. The van der Waals surface area contributed by atoms with Crippen molar-refractivity contribution >= 4 is 0 Å². The van der Waals surface area contributed by atoms with Crippen molar-refractivity contribution in [2.45, 2.75) is 31.1 Å². The highest BCUT2D eigenvalue weighted by Gasteiger charge is 2.44. The Balaban J connectivity index is 1.97. The van der Waals surface area contributed by atoms with Gasteiger partial charge in [0, 0.05) is 11.1 Å². The van der Waals surface area contributed by atoms with Gasteiger partial charge in [-0.15, -0.1) is 0 Å². The number of rotatable bonds is 1. The van der Waals surface area contributed by atoms with Gasteiger partial charge in [0.05, 0.1) is 5.69 Å². The lowest BCUT2D eigenvalue weighted by molar-refractivity contribution is 0.394. The molecule has 3 heteroatoms. The van der Waals surface area contributed by atoms with Crippen LogP contribution in [0.5, 0.6) is 11.8 Å². The van der Waals surface area contributed by atoms with Gasteiger partial charge in [0.1, 0.15) is 0 Å². The monoisotopic (exact) mass is 241 g/mol. The first-order chi connectivity index (χ1) is 8.77. The van der Waals surface area contributed by atoms with Crippen LogP contribution in [-0.4, -0.2) is 14.8 Å². The Kier molecular flexibility index (Phi) is 1.85. The number of hydrogen-bond donors (Lipinski definition) is 2. The van der Waals surface area contributed by atoms with Gasteiger partial charge in [-0.25, -0.2) is 0 Å². The van der Waals surface area contributed by atoms with Gasteiger partial charge in [-0.2, -0.15) is 0 Å². The Labute approximate surface area is 105 Å². The van der Waals surface area contributed by atoms with Gasteiger partial charge < -0.3 is 10.2 Å². The second kappa shape index (κ2) is 3.31. The molecule has 3 nitrogen and oxygen atoms in total. The van der Waals surface area contributed by atoms with Crippen molar-refractivity contribution in [3.05, 3.63) is 41.5 Å². The number of aromatic hydroxyl groups is 2. The molecule has 0 saturated heterocycles. The summed E-state index contributed by atoms with van der Waals surface area (Å²) in [5.74, 6) is 1.36. The van der Waals surface area contributed by atoms with E-state index in [0.717, 1.165) is 36.1 Å². The molecule has 92 valence electrons. The van der Waals surface area contributed by atoms with Crippen LogP contribution >= 0.6 is 0 Å². The van der Waals surface area contributed by atoms with Crippen molar-refractivity contribution in [2.24, 2.45) is 0 Å². The zero-order valence-corrected chi connectivity index (χ0v) is 10.0. The van der Waals surface area contributed by atoms with E-state index in [4.69, 9.17) is 0 Å². The van der Waals surface area contributed by atoms with Crippen LogP contribution in [0.15, 0.2) is 30.3 Å². The quantitative estimate of drug-likeness (QED) is 0.805. The van der Waals surface area contributed by atoms with Gasteiger partial charge >= 0.3 is 0 Å². The van der Waals surface area contributed by atoms with E-state index in [2.05, 4.69) is 0 Å². The molecule has 1 heterocycles. The van der Waals surface area contributed by atoms with Crippen LogP contribution in [0.25, 0.3) is 5.69 Å². The summed E-state index contributed by atoms with van der Waals surface area (Å²) in [6, 6.07) is 9.55. The molecule has 1 saturated carbocycles. The molecule has 2 N–H and O–H groups in total. The molecular weight excluding hydrogens is 226 g/mol. The summed E-state index contributed by atoms with van der Waals surface area (Å²) in [4.78, 5) is 0. The molecule has 2 atom stereocenters. The molecular formula is C15H15NO2. The summed E-state index contributed by atoms with van der Waals surface area (Å²) in [6.45, 7) is 0. The van der Waals surface area contributed by atoms with Gasteiger partial charge in [-0.1, -0.05) is 18.2 Å². The predicted molar refractivity (Wildman–Crippen MR) is 68.4 cm³/mol. The lowest BCUT2D eigenvalue weighted by Crippen LogP contribution is -1.94. The molecule has 0 aliphatic heterocycles. The summed E-state index contributed by atoms with van der Waals surface area (Å²) >= 11 is 0. The van der Waals surface area contributed by atoms with E-state index in [0.29, 0.717) is 11.8 Å². The molecule has 0 amide bonds. The molecule has 0 unspecified atom stereocenters. The van der Waals surface area contributed by atoms with Gasteiger partial charge in [0.25, 0.3) is 0 Å². The maximum Gasteiger partial charge on any atom is 0.202 e. The molecule has 2 aliphatic carbocycles. The average Bonchev–Trinajstić information content (AvgIpc) is 3.05. The largest absolute Gasteiger partial charge is 0.494 e. The lowest BCUT2D eigenvalue weighted by Gasteiger charge is -2.09. The van der Waals surface area contributed by atoms with Gasteiger partial charge in [0.15, 0.2) is 0 Å². The first-order valence-electron chi connectivity index (χ1n) is 6.49. The van der Waals surface area contributed by atoms with Crippen LogP contribution < -0.4 is 0 Å². The van der Waals surface area contributed by atoms with Crippen LogP contribution in [0.1, 0.15) is 42.2 Å². The van der Waals surface area contributed by atoms with E-state index in [9.17, 15) is 10.2 Å². The number of hydrogen-bond acceptors (Lipinski definition) is 2. The number of para-hydroxylation sites is 1. The van der Waals surface area contributed by atoms with E-state index < -0.39 is 0 Å². The topological polar surface area (TPSA) is 45.4 Å². The predicted octanol–water partition coefficient (Wildman–Crippen LogP) is 3.25. The van der Waals surface area contributed by atoms with E-state index in [1.54, 1.807) is 4.57 Å². The van der Waals surface area contributed by atoms with Crippen molar-refractivity contribution in [2.75, 3.05) is 0 Å². The van der Waals surface area contributed by atoms with Crippen molar-refractivity contribution in [1.29, 1.82) is 0 Å². The minimum atomic E-state index is 0.237. The molecule has 1 fully saturated rings. The molecule has 0 spiro atoms. The molecule has 1 aromatic heterocycles. The SMILES string of the molecule is Oc1c2c(c(O)n1-c1ccccc1)[C@H]1CC[C@@H]2C1. The van der Waals surface area contributed by atoms with Crippen LogP contribution in [0, 0.1) is 0 Å². The third-order valence-electron chi connectivity index (χ3n) is 4.46. The fraction of sp³-hybridized carbons (Fsp3) is 0.333. The first kappa shape index (κ1) is 10.1. The zero-order chi connectivity index (χ0) is 12.3. The Hall–Kier alpha value is -1.90. The minimum absolute atomic E-state index is 0.237. The Morgan fingerprint density at radius 2 is 1.44 bits per heavy atom. The smallest absolute Gasteiger partial charge is 0.202 e. The number of nitrogens with zero attached hydrogens (tertiary/aromatic N) is 1. The number of benzene rings is 1. The van der Waals surface area contributed by atoms with Crippen LogP contribution in [0.3, 0.4) is 0 Å². The minimum Gasteiger partial charge on any atom is -0.494 e. The number of fused-ring (bicyclic) bond motifs is 5. The Morgan fingerprint density at radius 1 is 0.889 bits per heavy atom. The third kappa shape index (κ3) is 1.09. The summed E-state index contributed by atoms with van der Waals surface area (Å²) in [7, 11) is 0. The fourth-order valence-electron chi connectivity index (χ4n) is 3.71. The van der Waals surface area contributed by atoms with Crippen molar-refractivity contribution in [3.63, 3.8) is 0 Å². The van der Waals surface area contributed by atoms with Crippen molar-refractivity contribution < 1.29 is 10.2 Å². The Bertz CT molecular complexity index is 582. The highest BCUT2D eigenvalue weighted by molar-refractivity contribution is 5.59. The van der Waals surface area contributed by atoms with Gasteiger partial charge in [-0.05, 0) is 43.2 Å². The first-order valence-corrected chi connectivity index (χ1v) is 6.49. The Morgan fingerprint density at radius 3 is 2.00 bits per heavy atom. The van der Waals surface area contributed by atoms with Gasteiger partial charge in [0.2, 0.25) is 11.8 Å². The summed E-state index contributed by atoms with van der Waals surface area (Å²) < 4.78 is 1.58. The van der Waals surface area contributed by atoms with E-state index in [1.807, 2.05) is 30.3 Å². The molecule has 1 aromatic carbocycles. The summed E-state index contributed by atoms with van der Waals surface area (Å²) in [6.07, 6.45) is 3.38. The molecule has 2 aliphatic rings. The molecule has 18 heavy (non-hydrogen) atoms. The molecule has 2 aromatic rings.